The lowest BCUT2D eigenvalue weighted by Gasteiger charge is -2.34. The van der Waals surface area contributed by atoms with Crippen molar-refractivity contribution >= 4 is 29.0 Å². The molecule has 0 aromatic heterocycles. The number of hydrogen-bond donors (Lipinski definition) is 0. The van der Waals surface area contributed by atoms with Gasteiger partial charge in [-0.05, 0) is 24.5 Å². The van der Waals surface area contributed by atoms with Crippen molar-refractivity contribution in [1.29, 1.82) is 0 Å². The molecule has 0 saturated heterocycles. The largest absolute Gasteiger partial charge is 0.370 e. The predicted molar refractivity (Wildman–Crippen MR) is 78.0 cm³/mol. The average Bonchev–Trinajstić information content (AvgIpc) is 2.44. The van der Waals surface area contributed by atoms with Crippen LogP contribution in [0.25, 0.3) is 0 Å². The lowest BCUT2D eigenvalue weighted by atomic mass is 9.79. The van der Waals surface area contributed by atoms with Gasteiger partial charge >= 0.3 is 0 Å². The van der Waals surface area contributed by atoms with Crippen LogP contribution in [0, 0.1) is 0 Å². The molecule has 0 atom stereocenters. The number of halogens is 2. The maximum atomic E-state index is 12.6. The summed E-state index contributed by atoms with van der Waals surface area (Å²) in [6.07, 6.45) is 5.16. The summed E-state index contributed by atoms with van der Waals surface area (Å²) in [5, 5.41) is 0.960. The van der Waals surface area contributed by atoms with E-state index in [1.54, 1.807) is 13.2 Å². The van der Waals surface area contributed by atoms with Crippen molar-refractivity contribution in [3.8, 4) is 0 Å². The molecule has 0 aliphatic heterocycles. The quantitative estimate of drug-likeness (QED) is 0.821. The molecule has 0 N–H and O–H groups in total. The summed E-state index contributed by atoms with van der Waals surface area (Å²) in [5.74, 6) is 0.110. The van der Waals surface area contributed by atoms with Crippen molar-refractivity contribution < 1.29 is 9.53 Å². The monoisotopic (exact) mass is 300 g/mol. The van der Waals surface area contributed by atoms with Gasteiger partial charge < -0.3 is 4.74 Å². The van der Waals surface area contributed by atoms with Crippen molar-refractivity contribution in [2.24, 2.45) is 0 Å². The average molecular weight is 301 g/mol. The Balaban J connectivity index is 2.17. The van der Waals surface area contributed by atoms with Gasteiger partial charge in [0.1, 0.15) is 5.60 Å². The number of ketones is 1. The van der Waals surface area contributed by atoms with Crippen LogP contribution in [0.15, 0.2) is 18.2 Å². The van der Waals surface area contributed by atoms with Crippen LogP contribution in [-0.2, 0) is 16.0 Å². The normalized spacial score (nSPS) is 18.3. The second-order valence-corrected chi connectivity index (χ2v) is 5.86. The van der Waals surface area contributed by atoms with Crippen molar-refractivity contribution in [3.63, 3.8) is 0 Å². The first kappa shape index (κ1) is 14.8. The van der Waals surface area contributed by atoms with E-state index in [1.807, 2.05) is 12.1 Å². The summed E-state index contributed by atoms with van der Waals surface area (Å²) in [6, 6.07) is 5.39. The highest BCUT2D eigenvalue weighted by Gasteiger charge is 2.39. The molecule has 4 heteroatoms. The molecule has 1 aromatic rings. The highest BCUT2D eigenvalue weighted by Crippen LogP contribution is 2.34. The molecule has 1 saturated carbocycles. The third-order valence-corrected chi connectivity index (χ3v) is 4.80. The number of methoxy groups -OCH3 is 1. The summed E-state index contributed by atoms with van der Waals surface area (Å²) in [5.41, 5.74) is 0.158. The van der Waals surface area contributed by atoms with E-state index in [-0.39, 0.29) is 12.2 Å². The maximum Gasteiger partial charge on any atom is 0.169 e. The predicted octanol–water partition coefficient (Wildman–Crippen LogP) is 4.45. The summed E-state index contributed by atoms with van der Waals surface area (Å²) in [7, 11) is 1.63. The molecule has 0 amide bonds. The van der Waals surface area contributed by atoms with E-state index in [1.165, 1.54) is 6.42 Å². The molecular formula is C15H18Cl2O2. The number of carbonyl (C=O) groups excluding carboxylic acids is 1. The number of hydrogen-bond acceptors (Lipinski definition) is 2. The Labute approximate surface area is 124 Å². The zero-order valence-corrected chi connectivity index (χ0v) is 12.6. The van der Waals surface area contributed by atoms with E-state index >= 15 is 0 Å². The number of ether oxygens (including phenoxy) is 1. The zero-order valence-electron chi connectivity index (χ0n) is 11.0. The van der Waals surface area contributed by atoms with Crippen LogP contribution >= 0.6 is 23.2 Å². The molecule has 0 radical (unpaired) electrons. The lowest BCUT2D eigenvalue weighted by Crippen LogP contribution is -2.43. The first-order valence-electron chi connectivity index (χ1n) is 6.60. The van der Waals surface area contributed by atoms with Crippen LogP contribution in [0.1, 0.15) is 37.7 Å². The van der Waals surface area contributed by atoms with E-state index in [9.17, 15) is 4.79 Å². The van der Waals surface area contributed by atoms with Gasteiger partial charge in [0.05, 0.1) is 10.0 Å². The highest BCUT2D eigenvalue weighted by atomic mass is 35.5. The number of rotatable bonds is 4. The first-order chi connectivity index (χ1) is 9.09. The van der Waals surface area contributed by atoms with E-state index in [0.717, 1.165) is 31.2 Å². The third kappa shape index (κ3) is 3.13. The van der Waals surface area contributed by atoms with E-state index < -0.39 is 5.60 Å². The van der Waals surface area contributed by atoms with Gasteiger partial charge in [0.2, 0.25) is 0 Å². The minimum absolute atomic E-state index is 0.110. The lowest BCUT2D eigenvalue weighted by molar-refractivity contribution is -0.144. The molecule has 19 heavy (non-hydrogen) atoms. The summed E-state index contributed by atoms with van der Waals surface area (Å²) in [6.45, 7) is 0. The van der Waals surface area contributed by atoms with Gasteiger partial charge in [-0.25, -0.2) is 0 Å². The Morgan fingerprint density at radius 3 is 2.58 bits per heavy atom. The molecular weight excluding hydrogens is 283 g/mol. The topological polar surface area (TPSA) is 26.3 Å². The van der Waals surface area contributed by atoms with Crippen molar-refractivity contribution in [1.82, 2.24) is 0 Å². The molecule has 104 valence electrons. The molecule has 1 fully saturated rings. The van der Waals surface area contributed by atoms with Gasteiger partial charge in [-0.15, -0.1) is 0 Å². The molecule has 0 spiro atoms. The van der Waals surface area contributed by atoms with Gasteiger partial charge in [-0.3, -0.25) is 4.79 Å². The Hall–Kier alpha value is -0.570. The highest BCUT2D eigenvalue weighted by molar-refractivity contribution is 6.42. The summed E-state index contributed by atoms with van der Waals surface area (Å²) >= 11 is 12.1. The molecule has 1 aliphatic carbocycles. The Morgan fingerprint density at radius 1 is 1.26 bits per heavy atom. The Kier molecular flexibility index (Phi) is 4.88. The first-order valence-corrected chi connectivity index (χ1v) is 7.36. The Morgan fingerprint density at radius 2 is 1.95 bits per heavy atom. The van der Waals surface area contributed by atoms with Crippen LogP contribution in [0.3, 0.4) is 0 Å². The molecule has 0 heterocycles. The van der Waals surface area contributed by atoms with Crippen molar-refractivity contribution in [2.45, 2.75) is 44.1 Å². The van der Waals surface area contributed by atoms with Crippen LogP contribution < -0.4 is 0 Å². The molecule has 0 bridgehead atoms. The second-order valence-electron chi connectivity index (χ2n) is 5.07. The van der Waals surface area contributed by atoms with Gasteiger partial charge in [0.15, 0.2) is 5.78 Å². The SMILES string of the molecule is COC1(C(=O)Cc2cccc(Cl)c2Cl)CCCCC1. The Bertz CT molecular complexity index is 465. The van der Waals surface area contributed by atoms with Crippen LogP contribution in [0.4, 0.5) is 0 Å². The molecule has 2 rings (SSSR count). The summed E-state index contributed by atoms with van der Waals surface area (Å²) in [4.78, 5) is 12.6. The standard InChI is InChI=1S/C15H18Cl2O2/c1-19-15(8-3-2-4-9-15)13(18)10-11-6-5-7-12(16)14(11)17/h5-7H,2-4,8-10H2,1H3. The van der Waals surface area contributed by atoms with Crippen molar-refractivity contribution in [3.05, 3.63) is 33.8 Å². The summed E-state index contributed by atoms with van der Waals surface area (Å²) < 4.78 is 5.56. The van der Waals surface area contributed by atoms with Gasteiger partial charge in [-0.2, -0.15) is 0 Å². The minimum atomic E-state index is -0.621. The van der Waals surface area contributed by atoms with E-state index in [0.29, 0.717) is 10.0 Å². The minimum Gasteiger partial charge on any atom is -0.370 e. The number of Topliss-reactive ketones (excluding diaryl/α,β-unsaturated/α-hetero) is 1. The van der Waals surface area contributed by atoms with Gasteiger partial charge in [0.25, 0.3) is 0 Å². The fraction of sp³-hybridized carbons (Fsp3) is 0.533. The van der Waals surface area contributed by atoms with Gasteiger partial charge in [-0.1, -0.05) is 54.6 Å². The molecule has 2 nitrogen and oxygen atoms in total. The zero-order chi connectivity index (χ0) is 13.9. The number of carbonyl (C=O) groups is 1. The van der Waals surface area contributed by atoms with E-state index in [2.05, 4.69) is 0 Å². The third-order valence-electron chi connectivity index (χ3n) is 3.94. The van der Waals surface area contributed by atoms with E-state index in [4.69, 9.17) is 27.9 Å². The molecule has 1 aromatic carbocycles. The van der Waals surface area contributed by atoms with Crippen LogP contribution in [0.2, 0.25) is 10.0 Å². The fourth-order valence-electron chi connectivity index (χ4n) is 2.74. The number of benzene rings is 1. The van der Waals surface area contributed by atoms with Crippen LogP contribution in [0.5, 0.6) is 0 Å². The molecule has 0 unspecified atom stereocenters. The molecule has 1 aliphatic rings. The fourth-order valence-corrected chi connectivity index (χ4v) is 3.13. The smallest absolute Gasteiger partial charge is 0.169 e. The maximum absolute atomic E-state index is 12.6. The van der Waals surface area contributed by atoms with Crippen LogP contribution in [-0.4, -0.2) is 18.5 Å². The van der Waals surface area contributed by atoms with Crippen molar-refractivity contribution in [2.75, 3.05) is 7.11 Å². The second kappa shape index (κ2) is 6.25. The van der Waals surface area contributed by atoms with Gasteiger partial charge in [0, 0.05) is 13.5 Å².